The number of rotatable bonds is 69. The van der Waals surface area contributed by atoms with Gasteiger partial charge in [-0.05, 0) is 109 Å². The number of phosphoric ester groups is 1. The fourth-order valence-corrected chi connectivity index (χ4v) is 11.2. The van der Waals surface area contributed by atoms with E-state index in [0.29, 0.717) is 17.4 Å². The topological polar surface area (TPSA) is 111 Å². The van der Waals surface area contributed by atoms with Crippen molar-refractivity contribution in [3.05, 3.63) is 134 Å². The molecular weight excluding hydrogens is 1160 g/mol. The summed E-state index contributed by atoms with van der Waals surface area (Å²) in [5.74, 6) is -0.837. The van der Waals surface area contributed by atoms with Crippen LogP contribution in [0.5, 0.6) is 0 Å². The number of quaternary nitrogens is 1. The summed E-state index contributed by atoms with van der Waals surface area (Å²) in [6, 6.07) is 0. The summed E-state index contributed by atoms with van der Waals surface area (Å²) in [5, 5.41) is 0. The van der Waals surface area contributed by atoms with Gasteiger partial charge in [0.15, 0.2) is 6.10 Å². The molecule has 10 heteroatoms. The van der Waals surface area contributed by atoms with Gasteiger partial charge in [0.05, 0.1) is 27.7 Å². The van der Waals surface area contributed by atoms with E-state index in [0.717, 1.165) is 116 Å². The van der Waals surface area contributed by atoms with Crippen molar-refractivity contribution in [1.82, 2.24) is 0 Å². The van der Waals surface area contributed by atoms with Gasteiger partial charge in [-0.2, -0.15) is 0 Å². The van der Waals surface area contributed by atoms with Crippen molar-refractivity contribution in [3.8, 4) is 0 Å². The monoisotopic (exact) mass is 1300 g/mol. The van der Waals surface area contributed by atoms with Crippen molar-refractivity contribution in [2.75, 3.05) is 47.5 Å². The maximum Gasteiger partial charge on any atom is 0.306 e. The minimum Gasteiger partial charge on any atom is -0.756 e. The Balaban J connectivity index is 3.96. The minimum absolute atomic E-state index is 0.0366. The second kappa shape index (κ2) is 71.4. The van der Waals surface area contributed by atoms with Crippen molar-refractivity contribution in [1.29, 1.82) is 0 Å². The molecule has 0 aromatic rings. The number of likely N-dealkylation sites (N-methyl/N-ethyl adjacent to an activating group) is 1. The van der Waals surface area contributed by atoms with Crippen molar-refractivity contribution in [2.24, 2.45) is 0 Å². The number of phosphoric acid groups is 1. The molecule has 0 aromatic carbocycles. The Morgan fingerprint density at radius 2 is 0.587 bits per heavy atom. The van der Waals surface area contributed by atoms with Gasteiger partial charge < -0.3 is 27.9 Å². The van der Waals surface area contributed by atoms with Crippen LogP contribution in [0.4, 0.5) is 0 Å². The second-order valence-corrected chi connectivity index (χ2v) is 27.7. The van der Waals surface area contributed by atoms with E-state index in [4.69, 9.17) is 18.5 Å². The molecule has 0 saturated heterocycles. The number of carbonyl (C=O) groups is 2. The van der Waals surface area contributed by atoms with Gasteiger partial charge in [-0.1, -0.05) is 334 Å². The molecule has 0 aromatic heterocycles. The summed E-state index contributed by atoms with van der Waals surface area (Å²) in [7, 11) is 1.16. The van der Waals surface area contributed by atoms with Crippen molar-refractivity contribution >= 4 is 19.8 Å². The van der Waals surface area contributed by atoms with Gasteiger partial charge in [-0.25, -0.2) is 0 Å². The molecule has 0 bridgehead atoms. The fraction of sp³-hybridized carbons (Fsp3) is 0.707. The first-order valence-corrected chi connectivity index (χ1v) is 39.4. The lowest BCUT2D eigenvalue weighted by Crippen LogP contribution is -2.37. The molecule has 0 amide bonds. The summed E-state index contributed by atoms with van der Waals surface area (Å²) in [4.78, 5) is 38.1. The molecule has 0 heterocycles. The number of ether oxygens (including phenoxy) is 2. The number of unbranched alkanes of at least 4 members (excludes halogenated alkanes) is 33. The third-order valence-corrected chi connectivity index (χ3v) is 17.1. The highest BCUT2D eigenvalue weighted by atomic mass is 31.2. The van der Waals surface area contributed by atoms with E-state index in [-0.39, 0.29) is 32.0 Å². The molecule has 0 aliphatic carbocycles. The summed E-state index contributed by atoms with van der Waals surface area (Å²) in [6.45, 7) is 4.02. The predicted molar refractivity (Wildman–Crippen MR) is 397 cm³/mol. The van der Waals surface area contributed by atoms with Gasteiger partial charge in [-0.3, -0.25) is 14.2 Å². The van der Waals surface area contributed by atoms with Crippen LogP contribution < -0.4 is 4.89 Å². The lowest BCUT2D eigenvalue weighted by Gasteiger charge is -2.28. The van der Waals surface area contributed by atoms with Crippen LogP contribution in [0.25, 0.3) is 0 Å². The summed E-state index contributed by atoms with van der Waals surface area (Å²) in [6.07, 6.45) is 104. The van der Waals surface area contributed by atoms with E-state index in [1.807, 2.05) is 21.1 Å². The molecule has 0 aliphatic heterocycles. The zero-order chi connectivity index (χ0) is 66.9. The molecule has 92 heavy (non-hydrogen) atoms. The second-order valence-electron chi connectivity index (χ2n) is 26.3. The highest BCUT2D eigenvalue weighted by Crippen LogP contribution is 2.38. The Kier molecular flexibility index (Phi) is 68.5. The molecule has 0 N–H and O–H groups in total. The molecule has 0 spiro atoms. The summed E-state index contributed by atoms with van der Waals surface area (Å²) < 4.78 is 34.3. The van der Waals surface area contributed by atoms with Gasteiger partial charge in [0.1, 0.15) is 19.8 Å². The summed E-state index contributed by atoms with van der Waals surface area (Å²) >= 11 is 0. The third-order valence-electron chi connectivity index (χ3n) is 16.2. The third kappa shape index (κ3) is 75.2. The molecule has 0 rings (SSSR count). The first-order chi connectivity index (χ1) is 45.0. The molecule has 0 fully saturated rings. The average Bonchev–Trinajstić information content (AvgIpc) is 2.14. The fourth-order valence-electron chi connectivity index (χ4n) is 10.5. The van der Waals surface area contributed by atoms with E-state index in [2.05, 4.69) is 148 Å². The van der Waals surface area contributed by atoms with Gasteiger partial charge in [0.2, 0.25) is 0 Å². The zero-order valence-electron chi connectivity index (χ0n) is 60.2. The number of allylic oxidation sites excluding steroid dienone is 22. The maximum atomic E-state index is 12.9. The summed E-state index contributed by atoms with van der Waals surface area (Å²) in [5.41, 5.74) is 0. The van der Waals surface area contributed by atoms with Crippen LogP contribution in [0.3, 0.4) is 0 Å². The molecular formula is C82H142NO8P. The first-order valence-electron chi connectivity index (χ1n) is 37.9. The molecule has 2 unspecified atom stereocenters. The highest BCUT2D eigenvalue weighted by molar-refractivity contribution is 7.45. The molecule has 2 atom stereocenters. The van der Waals surface area contributed by atoms with E-state index in [9.17, 15) is 19.0 Å². The normalized spacial score (nSPS) is 13.8. The molecule has 0 aliphatic rings. The Hall–Kier alpha value is -3.85. The lowest BCUT2D eigenvalue weighted by molar-refractivity contribution is -0.870. The van der Waals surface area contributed by atoms with Gasteiger partial charge in [0, 0.05) is 12.8 Å². The van der Waals surface area contributed by atoms with E-state index < -0.39 is 26.5 Å². The van der Waals surface area contributed by atoms with Gasteiger partial charge in [0.25, 0.3) is 7.82 Å². The van der Waals surface area contributed by atoms with E-state index >= 15 is 0 Å². The Labute approximate surface area is 568 Å². The van der Waals surface area contributed by atoms with Crippen molar-refractivity contribution < 1.29 is 42.1 Å². The van der Waals surface area contributed by atoms with Crippen molar-refractivity contribution in [2.45, 2.75) is 328 Å². The predicted octanol–water partition coefficient (Wildman–Crippen LogP) is 24.5. The quantitative estimate of drug-likeness (QED) is 0.0195. The largest absolute Gasteiger partial charge is 0.756 e. The minimum atomic E-state index is -4.65. The Morgan fingerprint density at radius 1 is 0.337 bits per heavy atom. The molecule has 0 radical (unpaired) electrons. The number of hydrogen-bond acceptors (Lipinski definition) is 8. The van der Waals surface area contributed by atoms with Crippen LogP contribution in [0.15, 0.2) is 134 Å². The zero-order valence-corrected chi connectivity index (χ0v) is 61.1. The standard InChI is InChI=1S/C82H142NO8P/c1-6-8-10-12-14-16-18-20-22-24-26-28-30-32-34-35-36-37-38-39-40-41-42-43-44-45-46-47-49-50-52-54-56-58-60-62-64-66-68-70-72-74-81(84)88-78-80(79-90-92(86,87)89-77-76-83(3,4)5)91-82(85)75-73-71-69-67-65-63-61-59-57-55-53-51-48-33-31-29-27-25-23-21-19-17-15-13-11-9-7-2/h8-11,14-17,20-23,26-29,32-34,48,53,55,80H,6-7,12-13,18-19,24-25,30-31,35-47,49-52,54,56-79H2,1-5H3/b10-8-,11-9-,16-14-,17-15-,22-20-,23-21-,28-26-,29-27-,34-32-,48-33-,55-53-. The van der Waals surface area contributed by atoms with Crippen molar-refractivity contribution in [3.63, 3.8) is 0 Å². The van der Waals surface area contributed by atoms with E-state index in [1.165, 1.54) is 173 Å². The molecule has 9 nitrogen and oxygen atoms in total. The number of carbonyl (C=O) groups excluding carboxylic acids is 2. The van der Waals surface area contributed by atoms with Crippen LogP contribution >= 0.6 is 7.82 Å². The SMILES string of the molecule is CC/C=C\C/C=C\C/C=C\C/C=C\C/C=C\C/C=C\CCCCCCCCCCC(=O)OC(COC(=O)CCCCCCCCCCCCCCCCCCCCCCCCCCC/C=C\C/C=C\C/C=C\C/C=C\C/C=C\CC)COP(=O)([O-])OCC[N+](C)(C)C. The maximum absolute atomic E-state index is 12.9. The molecule has 528 valence electrons. The van der Waals surface area contributed by atoms with Crippen LogP contribution in [-0.4, -0.2) is 70.0 Å². The van der Waals surface area contributed by atoms with Gasteiger partial charge in [-0.15, -0.1) is 0 Å². The van der Waals surface area contributed by atoms with Crippen LogP contribution in [0, 0.1) is 0 Å². The Morgan fingerprint density at radius 3 is 0.870 bits per heavy atom. The lowest BCUT2D eigenvalue weighted by atomic mass is 10.0. The molecule has 0 saturated carbocycles. The van der Waals surface area contributed by atoms with Gasteiger partial charge >= 0.3 is 11.9 Å². The number of hydrogen-bond donors (Lipinski definition) is 0. The van der Waals surface area contributed by atoms with Crippen LogP contribution in [0.1, 0.15) is 322 Å². The highest BCUT2D eigenvalue weighted by Gasteiger charge is 2.22. The van der Waals surface area contributed by atoms with E-state index in [1.54, 1.807) is 0 Å². The Bertz CT molecular complexity index is 2020. The average molecular weight is 1300 g/mol. The number of nitrogens with zero attached hydrogens (tertiary/aromatic N) is 1. The number of esters is 2. The van der Waals surface area contributed by atoms with Crippen LogP contribution in [-0.2, 0) is 32.7 Å². The van der Waals surface area contributed by atoms with Crippen LogP contribution in [0.2, 0.25) is 0 Å². The smallest absolute Gasteiger partial charge is 0.306 e. The first kappa shape index (κ1) is 88.2.